The first-order valence-electron chi connectivity index (χ1n) is 10.3. The smallest absolute Gasteiger partial charge is 0.295 e. The van der Waals surface area contributed by atoms with Crippen LogP contribution in [0.25, 0.3) is 5.76 Å². The normalized spacial score (nSPS) is 17.2. The van der Waals surface area contributed by atoms with Crippen molar-refractivity contribution in [2.45, 2.75) is 12.5 Å². The number of aliphatic hydroxyl groups excluding tert-OH is 1. The van der Waals surface area contributed by atoms with Crippen molar-refractivity contribution in [2.24, 2.45) is 0 Å². The predicted octanol–water partition coefficient (Wildman–Crippen LogP) is 5.05. The Hall–Kier alpha value is -4.04. The summed E-state index contributed by atoms with van der Waals surface area (Å²) in [5.74, 6) is -2.64. The van der Waals surface area contributed by atoms with E-state index in [1.54, 1.807) is 12.1 Å². The maximum Gasteiger partial charge on any atom is 0.295 e. The third-order valence-electron chi connectivity index (χ3n) is 5.63. The number of nitrogens with zero attached hydrogens (tertiary/aromatic N) is 2. The van der Waals surface area contributed by atoms with Crippen LogP contribution < -0.4 is 0 Å². The van der Waals surface area contributed by atoms with Gasteiger partial charge in [-0.15, -0.1) is 0 Å². The van der Waals surface area contributed by atoms with E-state index in [2.05, 4.69) is 0 Å². The van der Waals surface area contributed by atoms with Gasteiger partial charge in [0.25, 0.3) is 17.4 Å². The zero-order valence-corrected chi connectivity index (χ0v) is 18.4. The number of non-ortho nitro benzene ring substituents is 1. The van der Waals surface area contributed by atoms with E-state index in [-0.39, 0.29) is 23.4 Å². The van der Waals surface area contributed by atoms with Gasteiger partial charge in [-0.25, -0.2) is 4.39 Å². The molecule has 3 aromatic carbocycles. The number of benzene rings is 3. The zero-order valence-electron chi connectivity index (χ0n) is 17.7. The summed E-state index contributed by atoms with van der Waals surface area (Å²) >= 11 is 5.93. The molecular weight excluding hydrogens is 463 g/mol. The molecule has 1 amide bonds. The molecule has 0 bridgehead atoms. The lowest BCUT2D eigenvalue weighted by Crippen LogP contribution is -2.31. The summed E-state index contributed by atoms with van der Waals surface area (Å²) < 4.78 is 13.6. The van der Waals surface area contributed by atoms with Gasteiger partial charge in [-0.3, -0.25) is 19.7 Å². The molecule has 172 valence electrons. The second-order valence-electron chi connectivity index (χ2n) is 7.72. The van der Waals surface area contributed by atoms with Crippen molar-refractivity contribution in [1.82, 2.24) is 4.90 Å². The SMILES string of the molecule is O=C1C(=O)N(CCc2ccc(Cl)cc2)C(c2ccc(F)cc2)/C1=C(/O)c1ccc([N+](=O)[O-])cc1. The first kappa shape index (κ1) is 23.1. The topological polar surface area (TPSA) is 101 Å². The molecule has 4 rings (SSSR count). The highest BCUT2D eigenvalue weighted by Gasteiger charge is 2.45. The van der Waals surface area contributed by atoms with Gasteiger partial charge in [0.15, 0.2) is 0 Å². The molecule has 9 heteroatoms. The van der Waals surface area contributed by atoms with Crippen molar-refractivity contribution in [2.75, 3.05) is 6.54 Å². The molecule has 1 atom stereocenters. The van der Waals surface area contributed by atoms with Gasteiger partial charge in [0, 0.05) is 29.3 Å². The Morgan fingerprint density at radius 3 is 2.21 bits per heavy atom. The van der Waals surface area contributed by atoms with Crippen molar-refractivity contribution in [3.8, 4) is 0 Å². The number of amides is 1. The van der Waals surface area contributed by atoms with Gasteiger partial charge in [0.05, 0.1) is 16.5 Å². The van der Waals surface area contributed by atoms with Gasteiger partial charge in [-0.05, 0) is 53.9 Å². The molecule has 1 fully saturated rings. The lowest BCUT2D eigenvalue weighted by molar-refractivity contribution is -0.384. The van der Waals surface area contributed by atoms with E-state index in [1.165, 1.54) is 53.4 Å². The molecule has 0 spiro atoms. The molecule has 0 aliphatic carbocycles. The number of halogens is 2. The van der Waals surface area contributed by atoms with Gasteiger partial charge in [-0.2, -0.15) is 0 Å². The fourth-order valence-electron chi connectivity index (χ4n) is 3.90. The van der Waals surface area contributed by atoms with Crippen molar-refractivity contribution in [1.29, 1.82) is 0 Å². The second-order valence-corrected chi connectivity index (χ2v) is 8.16. The first-order chi connectivity index (χ1) is 16.3. The van der Waals surface area contributed by atoms with E-state index < -0.39 is 34.2 Å². The number of Topliss-reactive ketones (excluding diaryl/α,β-unsaturated/α-hetero) is 1. The number of carbonyl (C=O) groups excluding carboxylic acids is 2. The Bertz CT molecular complexity index is 1290. The minimum absolute atomic E-state index is 0.147. The molecule has 1 N–H and O–H groups in total. The summed E-state index contributed by atoms with van der Waals surface area (Å²) in [5, 5.41) is 22.5. The van der Waals surface area contributed by atoms with E-state index in [1.807, 2.05) is 12.1 Å². The van der Waals surface area contributed by atoms with Crippen LogP contribution in [0.5, 0.6) is 0 Å². The number of nitro benzene ring substituents is 1. The molecule has 3 aromatic rings. The second kappa shape index (κ2) is 9.44. The third-order valence-corrected chi connectivity index (χ3v) is 5.88. The van der Waals surface area contributed by atoms with E-state index in [4.69, 9.17) is 11.6 Å². The van der Waals surface area contributed by atoms with Crippen LogP contribution in [0.4, 0.5) is 10.1 Å². The minimum atomic E-state index is -0.955. The highest BCUT2D eigenvalue weighted by Crippen LogP contribution is 2.39. The maximum atomic E-state index is 13.6. The van der Waals surface area contributed by atoms with Gasteiger partial charge in [0.1, 0.15) is 11.6 Å². The summed E-state index contributed by atoms with van der Waals surface area (Å²) in [6.07, 6.45) is 0.416. The van der Waals surface area contributed by atoms with E-state index in [0.717, 1.165) is 5.56 Å². The lowest BCUT2D eigenvalue weighted by atomic mass is 9.95. The van der Waals surface area contributed by atoms with Crippen molar-refractivity contribution >= 4 is 34.7 Å². The Morgan fingerprint density at radius 2 is 1.62 bits per heavy atom. The number of ketones is 1. The number of aliphatic hydroxyl groups is 1. The summed E-state index contributed by atoms with van der Waals surface area (Å²) in [4.78, 5) is 37.7. The molecule has 1 aliphatic rings. The molecule has 34 heavy (non-hydrogen) atoms. The van der Waals surface area contributed by atoms with Crippen molar-refractivity contribution < 1.29 is 24.0 Å². The number of rotatable bonds is 6. The molecule has 7 nitrogen and oxygen atoms in total. The summed E-state index contributed by atoms with van der Waals surface area (Å²) in [6.45, 7) is 0.158. The average molecular weight is 481 g/mol. The van der Waals surface area contributed by atoms with Gasteiger partial charge >= 0.3 is 0 Å². The number of hydrogen-bond donors (Lipinski definition) is 1. The molecule has 1 heterocycles. The van der Waals surface area contributed by atoms with Gasteiger partial charge < -0.3 is 10.0 Å². The summed E-state index contributed by atoms with van der Waals surface area (Å²) in [5.41, 5.74) is 1.13. The quantitative estimate of drug-likeness (QED) is 0.175. The molecule has 0 saturated carbocycles. The Balaban J connectivity index is 1.75. The van der Waals surface area contributed by atoms with Crippen LogP contribution in [0.1, 0.15) is 22.7 Å². The zero-order chi connectivity index (χ0) is 24.4. The van der Waals surface area contributed by atoms with Crippen LogP contribution in [-0.2, 0) is 16.0 Å². The highest BCUT2D eigenvalue weighted by atomic mass is 35.5. The van der Waals surface area contributed by atoms with Crippen LogP contribution in [0.2, 0.25) is 5.02 Å². The lowest BCUT2D eigenvalue weighted by Gasteiger charge is -2.25. The van der Waals surface area contributed by atoms with Crippen LogP contribution in [-0.4, -0.2) is 33.2 Å². The molecule has 1 aliphatic heterocycles. The number of carbonyl (C=O) groups is 2. The first-order valence-corrected chi connectivity index (χ1v) is 10.7. The Kier molecular flexibility index (Phi) is 6.43. The van der Waals surface area contributed by atoms with Crippen LogP contribution in [0, 0.1) is 15.9 Å². The molecule has 0 radical (unpaired) electrons. The molecule has 0 aromatic heterocycles. The largest absolute Gasteiger partial charge is 0.507 e. The van der Waals surface area contributed by atoms with Crippen molar-refractivity contribution in [3.63, 3.8) is 0 Å². The fourth-order valence-corrected chi connectivity index (χ4v) is 4.03. The Labute approximate surface area is 198 Å². The molecular formula is C25H18ClFN2O5. The van der Waals surface area contributed by atoms with Gasteiger partial charge in [0.2, 0.25) is 0 Å². The Morgan fingerprint density at radius 1 is 1.00 bits per heavy atom. The van der Waals surface area contributed by atoms with Gasteiger partial charge in [-0.1, -0.05) is 35.9 Å². The third kappa shape index (κ3) is 4.53. The van der Waals surface area contributed by atoms with Crippen LogP contribution in [0.3, 0.4) is 0 Å². The van der Waals surface area contributed by atoms with Crippen LogP contribution in [0.15, 0.2) is 78.4 Å². The maximum absolute atomic E-state index is 13.6. The molecule has 1 saturated heterocycles. The average Bonchev–Trinajstić information content (AvgIpc) is 3.08. The van der Waals surface area contributed by atoms with E-state index >= 15 is 0 Å². The number of hydrogen-bond acceptors (Lipinski definition) is 5. The standard InChI is InChI=1S/C25H18ClFN2O5/c26-18-7-1-15(2-8-18)13-14-28-22(16-3-9-19(27)10-4-16)21(24(31)25(28)32)23(30)17-5-11-20(12-6-17)29(33)34/h1-12,22,30H,13-14H2/b23-21-. The number of nitro groups is 1. The predicted molar refractivity (Wildman–Crippen MR) is 124 cm³/mol. The van der Waals surface area contributed by atoms with E-state index in [9.17, 15) is 29.2 Å². The van der Waals surface area contributed by atoms with Crippen molar-refractivity contribution in [3.05, 3.63) is 116 Å². The fraction of sp³-hybridized carbons (Fsp3) is 0.120. The van der Waals surface area contributed by atoms with Crippen LogP contribution >= 0.6 is 11.6 Å². The molecule has 1 unspecified atom stereocenters. The summed E-state index contributed by atoms with van der Waals surface area (Å²) in [6, 6.07) is 16.4. The summed E-state index contributed by atoms with van der Waals surface area (Å²) in [7, 11) is 0. The highest BCUT2D eigenvalue weighted by molar-refractivity contribution is 6.46. The van der Waals surface area contributed by atoms with E-state index in [0.29, 0.717) is 17.0 Å². The monoisotopic (exact) mass is 480 g/mol. The number of likely N-dealkylation sites (tertiary alicyclic amines) is 1. The minimum Gasteiger partial charge on any atom is -0.507 e.